The number of hydrogen-bond acceptors (Lipinski definition) is 3. The van der Waals surface area contributed by atoms with Crippen LogP contribution in [0.3, 0.4) is 0 Å². The molecule has 1 aromatic carbocycles. The van der Waals surface area contributed by atoms with Gasteiger partial charge in [-0.2, -0.15) is 5.10 Å². The maximum atomic E-state index is 12.2. The van der Waals surface area contributed by atoms with Crippen LogP contribution in [0.5, 0.6) is 0 Å². The monoisotopic (exact) mass is 333 g/mol. The molecule has 0 bridgehead atoms. The van der Waals surface area contributed by atoms with E-state index < -0.39 is 10.0 Å². The summed E-state index contributed by atoms with van der Waals surface area (Å²) >= 11 is 11.7. The Kier molecular flexibility index (Phi) is 4.27. The molecule has 0 amide bonds. The van der Waals surface area contributed by atoms with Crippen LogP contribution in [-0.2, 0) is 10.0 Å². The summed E-state index contributed by atoms with van der Waals surface area (Å²) in [6.45, 7) is 3.94. The predicted octanol–water partition coefficient (Wildman–Crippen LogP) is 3.64. The van der Waals surface area contributed by atoms with Gasteiger partial charge in [-0.3, -0.25) is 9.82 Å². The van der Waals surface area contributed by atoms with Crippen molar-refractivity contribution in [3.05, 3.63) is 40.0 Å². The highest BCUT2D eigenvalue weighted by Crippen LogP contribution is 2.30. The van der Waals surface area contributed by atoms with Crippen LogP contribution < -0.4 is 4.72 Å². The Bertz CT molecular complexity index is 726. The molecule has 0 saturated heterocycles. The lowest BCUT2D eigenvalue weighted by atomic mass is 10.1. The number of hydrogen-bond donors (Lipinski definition) is 2. The Balaban J connectivity index is 2.33. The molecule has 8 heteroatoms. The molecule has 0 radical (unpaired) electrons. The zero-order valence-corrected chi connectivity index (χ0v) is 13.1. The van der Waals surface area contributed by atoms with Crippen molar-refractivity contribution in [2.24, 2.45) is 0 Å². The minimum Gasteiger partial charge on any atom is -0.280 e. The lowest BCUT2D eigenvalue weighted by Crippen LogP contribution is -2.13. The minimum absolute atomic E-state index is 0.0127. The summed E-state index contributed by atoms with van der Waals surface area (Å²) in [7, 11) is -3.83. The van der Waals surface area contributed by atoms with Gasteiger partial charge in [-0.1, -0.05) is 43.1 Å². The Morgan fingerprint density at radius 3 is 2.60 bits per heavy atom. The number of rotatable bonds is 4. The quantitative estimate of drug-likeness (QED) is 0.896. The highest BCUT2D eigenvalue weighted by molar-refractivity contribution is 7.92. The summed E-state index contributed by atoms with van der Waals surface area (Å²) in [6, 6.07) is 6.06. The molecule has 0 aliphatic carbocycles. The van der Waals surface area contributed by atoms with Crippen LogP contribution in [0.15, 0.2) is 29.2 Å². The summed E-state index contributed by atoms with van der Waals surface area (Å²) < 4.78 is 26.9. The average molecular weight is 334 g/mol. The smallest absolute Gasteiger partial charge is 0.264 e. The molecule has 2 aromatic rings. The van der Waals surface area contributed by atoms with Crippen molar-refractivity contribution < 1.29 is 8.42 Å². The topological polar surface area (TPSA) is 74.8 Å². The Morgan fingerprint density at radius 1 is 1.30 bits per heavy atom. The fraction of sp³-hybridized carbons (Fsp3) is 0.250. The average Bonchev–Trinajstić information content (AvgIpc) is 2.80. The van der Waals surface area contributed by atoms with Crippen molar-refractivity contribution in [2.45, 2.75) is 24.7 Å². The fourth-order valence-corrected chi connectivity index (χ4v) is 3.32. The second-order valence-corrected chi connectivity index (χ2v) is 6.96. The number of nitrogens with one attached hydrogen (secondary N) is 2. The zero-order valence-electron chi connectivity index (χ0n) is 10.8. The van der Waals surface area contributed by atoms with Gasteiger partial charge in [-0.05, 0) is 18.1 Å². The highest BCUT2D eigenvalue weighted by atomic mass is 35.5. The molecule has 0 spiro atoms. The minimum atomic E-state index is -3.83. The van der Waals surface area contributed by atoms with E-state index in [2.05, 4.69) is 14.9 Å². The molecule has 0 fully saturated rings. The number of sulfonamides is 1. The molecule has 20 heavy (non-hydrogen) atoms. The molecule has 0 unspecified atom stereocenters. The van der Waals surface area contributed by atoms with Crippen LogP contribution in [0.2, 0.25) is 10.0 Å². The molecule has 5 nitrogen and oxygen atoms in total. The molecule has 1 heterocycles. The van der Waals surface area contributed by atoms with Crippen molar-refractivity contribution in [3.63, 3.8) is 0 Å². The third-order valence-electron chi connectivity index (χ3n) is 2.66. The molecular weight excluding hydrogens is 321 g/mol. The fourth-order valence-electron chi connectivity index (χ4n) is 1.57. The van der Waals surface area contributed by atoms with Gasteiger partial charge < -0.3 is 0 Å². The number of aromatic nitrogens is 2. The van der Waals surface area contributed by atoms with E-state index in [0.717, 1.165) is 5.69 Å². The number of nitrogens with zero attached hydrogens (tertiary/aromatic N) is 1. The Morgan fingerprint density at radius 2 is 2.00 bits per heavy atom. The normalized spacial score (nSPS) is 11.8. The molecule has 0 aliphatic heterocycles. The summed E-state index contributed by atoms with van der Waals surface area (Å²) in [5, 5.41) is 6.85. The third-order valence-corrected chi connectivity index (χ3v) is 4.99. The number of H-pyrrole nitrogens is 1. The highest BCUT2D eigenvalue weighted by Gasteiger charge is 2.20. The first-order valence-electron chi connectivity index (χ1n) is 5.83. The van der Waals surface area contributed by atoms with Gasteiger partial charge in [0.15, 0.2) is 5.82 Å². The number of halogens is 2. The number of anilines is 1. The number of benzene rings is 1. The van der Waals surface area contributed by atoms with E-state index in [1.807, 2.05) is 13.8 Å². The Labute approximate surface area is 127 Å². The standard InChI is InChI=1S/C12H13Cl2N3O2S/c1-7(2)9-6-11(16-15-9)17-20(18,19)10-5-3-4-8(13)12(10)14/h3-7H,1-2H3,(H2,15,16,17). The summed E-state index contributed by atoms with van der Waals surface area (Å²) in [5.74, 6) is 0.431. The van der Waals surface area contributed by atoms with Gasteiger partial charge in [0, 0.05) is 11.8 Å². The first kappa shape index (κ1) is 15.2. The number of aromatic amines is 1. The largest absolute Gasteiger partial charge is 0.280 e. The molecule has 2 rings (SSSR count). The SMILES string of the molecule is CC(C)c1cc(NS(=O)(=O)c2cccc(Cl)c2Cl)n[nH]1. The molecule has 0 atom stereocenters. The van der Waals surface area contributed by atoms with Crippen molar-refractivity contribution in [3.8, 4) is 0 Å². The molecule has 2 N–H and O–H groups in total. The van der Waals surface area contributed by atoms with E-state index >= 15 is 0 Å². The zero-order chi connectivity index (χ0) is 14.9. The molecule has 0 saturated carbocycles. The van der Waals surface area contributed by atoms with Crippen LogP contribution in [0, 0.1) is 0 Å². The first-order chi connectivity index (χ1) is 9.31. The summed E-state index contributed by atoms with van der Waals surface area (Å²) in [5.41, 5.74) is 0.833. The second kappa shape index (κ2) is 5.63. The lowest BCUT2D eigenvalue weighted by molar-refractivity contribution is 0.601. The lowest BCUT2D eigenvalue weighted by Gasteiger charge is -2.07. The summed E-state index contributed by atoms with van der Waals surface area (Å²) in [6.07, 6.45) is 0. The Hall–Kier alpha value is -1.24. The van der Waals surface area contributed by atoms with E-state index in [-0.39, 0.29) is 26.7 Å². The second-order valence-electron chi connectivity index (χ2n) is 4.52. The van der Waals surface area contributed by atoms with E-state index in [0.29, 0.717) is 0 Å². The van der Waals surface area contributed by atoms with Crippen LogP contribution in [-0.4, -0.2) is 18.6 Å². The van der Waals surface area contributed by atoms with Gasteiger partial charge >= 0.3 is 0 Å². The third kappa shape index (κ3) is 3.08. The van der Waals surface area contributed by atoms with Gasteiger partial charge in [0.25, 0.3) is 10.0 Å². The maximum absolute atomic E-state index is 12.2. The van der Waals surface area contributed by atoms with E-state index in [4.69, 9.17) is 23.2 Å². The first-order valence-corrected chi connectivity index (χ1v) is 8.07. The van der Waals surface area contributed by atoms with Crippen molar-refractivity contribution in [1.29, 1.82) is 0 Å². The van der Waals surface area contributed by atoms with Crippen LogP contribution in [0.4, 0.5) is 5.82 Å². The van der Waals surface area contributed by atoms with Gasteiger partial charge in [-0.15, -0.1) is 0 Å². The summed E-state index contributed by atoms with van der Waals surface area (Å²) in [4.78, 5) is -0.0826. The predicted molar refractivity (Wildman–Crippen MR) is 79.9 cm³/mol. The van der Waals surface area contributed by atoms with Crippen molar-refractivity contribution in [2.75, 3.05) is 4.72 Å². The van der Waals surface area contributed by atoms with E-state index in [1.54, 1.807) is 6.07 Å². The maximum Gasteiger partial charge on any atom is 0.264 e. The van der Waals surface area contributed by atoms with E-state index in [1.165, 1.54) is 18.2 Å². The van der Waals surface area contributed by atoms with Crippen LogP contribution in [0.1, 0.15) is 25.5 Å². The van der Waals surface area contributed by atoms with Crippen molar-refractivity contribution in [1.82, 2.24) is 10.2 Å². The van der Waals surface area contributed by atoms with Gasteiger partial charge in [0.2, 0.25) is 0 Å². The van der Waals surface area contributed by atoms with Gasteiger partial charge in [0.05, 0.1) is 10.0 Å². The van der Waals surface area contributed by atoms with Crippen LogP contribution in [0.25, 0.3) is 0 Å². The van der Waals surface area contributed by atoms with Gasteiger partial charge in [-0.25, -0.2) is 8.42 Å². The van der Waals surface area contributed by atoms with E-state index in [9.17, 15) is 8.42 Å². The van der Waals surface area contributed by atoms with Crippen molar-refractivity contribution >= 4 is 39.0 Å². The van der Waals surface area contributed by atoms with Crippen LogP contribution >= 0.6 is 23.2 Å². The molecule has 0 aliphatic rings. The molecule has 108 valence electrons. The molecule has 1 aromatic heterocycles. The molecular formula is C12H13Cl2N3O2S. The van der Waals surface area contributed by atoms with Gasteiger partial charge in [0.1, 0.15) is 4.90 Å².